The highest BCUT2D eigenvalue weighted by atomic mass is 16.3. The van der Waals surface area contributed by atoms with Gasteiger partial charge in [0.1, 0.15) is 0 Å². The van der Waals surface area contributed by atoms with Gasteiger partial charge in [0.15, 0.2) is 0 Å². The molecule has 0 radical (unpaired) electrons. The lowest BCUT2D eigenvalue weighted by atomic mass is 10.0. The lowest BCUT2D eigenvalue weighted by molar-refractivity contribution is 0.184. The Bertz CT molecular complexity index is 293. The summed E-state index contributed by atoms with van der Waals surface area (Å²) in [6.45, 7) is 2.50. The van der Waals surface area contributed by atoms with E-state index in [1.807, 2.05) is 13.0 Å². The Morgan fingerprint density at radius 3 is 2.53 bits per heavy atom. The summed E-state index contributed by atoms with van der Waals surface area (Å²) in [5.74, 6) is 0.770. The van der Waals surface area contributed by atoms with Crippen molar-refractivity contribution in [3.05, 3.63) is 35.9 Å². The van der Waals surface area contributed by atoms with Crippen molar-refractivity contribution in [2.75, 3.05) is 6.54 Å². The van der Waals surface area contributed by atoms with Crippen LogP contribution >= 0.6 is 0 Å². The number of hydrogen-bond acceptors (Lipinski definition) is 2. The van der Waals surface area contributed by atoms with Crippen LogP contribution in [-0.4, -0.2) is 17.8 Å². The Labute approximate surface area is 91.3 Å². The van der Waals surface area contributed by atoms with Crippen molar-refractivity contribution >= 4 is 0 Å². The van der Waals surface area contributed by atoms with Crippen molar-refractivity contribution < 1.29 is 5.11 Å². The molecule has 0 amide bonds. The van der Waals surface area contributed by atoms with Gasteiger partial charge >= 0.3 is 0 Å². The minimum absolute atomic E-state index is 0.269. The molecule has 1 aliphatic rings. The first-order chi connectivity index (χ1) is 7.27. The van der Waals surface area contributed by atoms with Crippen molar-refractivity contribution in [2.24, 2.45) is 5.92 Å². The average molecular weight is 205 g/mol. The van der Waals surface area contributed by atoms with Crippen LogP contribution in [0.15, 0.2) is 30.3 Å². The first-order valence-electron chi connectivity index (χ1n) is 5.74. The molecule has 0 aromatic heterocycles. The van der Waals surface area contributed by atoms with Gasteiger partial charge in [-0.05, 0) is 31.2 Å². The lowest BCUT2D eigenvalue weighted by Crippen LogP contribution is -2.29. The van der Waals surface area contributed by atoms with E-state index >= 15 is 0 Å². The molecule has 2 nitrogen and oxygen atoms in total. The number of hydrogen-bond donors (Lipinski definition) is 2. The van der Waals surface area contributed by atoms with E-state index in [1.54, 1.807) is 0 Å². The van der Waals surface area contributed by atoms with E-state index in [0.29, 0.717) is 12.6 Å². The second-order valence-electron chi connectivity index (χ2n) is 4.48. The van der Waals surface area contributed by atoms with E-state index in [0.717, 1.165) is 5.92 Å². The minimum atomic E-state index is -0.269. The molecule has 1 saturated carbocycles. The molecule has 0 bridgehead atoms. The molecule has 0 saturated heterocycles. The molecule has 2 heteroatoms. The van der Waals surface area contributed by atoms with E-state index in [2.05, 4.69) is 29.6 Å². The van der Waals surface area contributed by atoms with Crippen LogP contribution in [0.5, 0.6) is 0 Å². The maximum Gasteiger partial charge on any atom is 0.0636 e. The zero-order valence-electron chi connectivity index (χ0n) is 9.19. The average Bonchev–Trinajstić information content (AvgIpc) is 3.03. The number of aliphatic hydroxyl groups excluding tert-OH is 1. The molecular formula is C13H19NO. The Morgan fingerprint density at radius 2 is 2.00 bits per heavy atom. The molecule has 1 unspecified atom stereocenters. The Hall–Kier alpha value is -0.860. The molecule has 0 aliphatic heterocycles. The van der Waals surface area contributed by atoms with E-state index in [-0.39, 0.29) is 6.10 Å². The summed E-state index contributed by atoms with van der Waals surface area (Å²) in [6, 6.07) is 11.0. The molecule has 82 valence electrons. The third-order valence-corrected chi connectivity index (χ3v) is 2.89. The highest BCUT2D eigenvalue weighted by Crippen LogP contribution is 2.40. The van der Waals surface area contributed by atoms with Crippen molar-refractivity contribution in [3.8, 4) is 0 Å². The molecule has 1 fully saturated rings. The maximum atomic E-state index is 9.29. The molecule has 2 atom stereocenters. The van der Waals surface area contributed by atoms with Crippen LogP contribution in [0.1, 0.15) is 31.4 Å². The smallest absolute Gasteiger partial charge is 0.0636 e. The Morgan fingerprint density at radius 1 is 1.33 bits per heavy atom. The summed E-state index contributed by atoms with van der Waals surface area (Å²) in [5.41, 5.74) is 1.35. The van der Waals surface area contributed by atoms with Crippen molar-refractivity contribution in [3.63, 3.8) is 0 Å². The highest BCUT2D eigenvalue weighted by molar-refractivity contribution is 5.21. The van der Waals surface area contributed by atoms with Crippen LogP contribution in [0.25, 0.3) is 0 Å². The summed E-state index contributed by atoms with van der Waals surface area (Å²) in [4.78, 5) is 0. The topological polar surface area (TPSA) is 32.3 Å². The van der Waals surface area contributed by atoms with Gasteiger partial charge in [-0.1, -0.05) is 30.3 Å². The SMILES string of the molecule is C[C@@H](O)CNC(c1ccccc1)C1CC1. The third kappa shape index (κ3) is 3.05. The predicted octanol–water partition coefficient (Wildman–Crippen LogP) is 2.11. The first-order valence-corrected chi connectivity index (χ1v) is 5.74. The van der Waals surface area contributed by atoms with E-state index < -0.39 is 0 Å². The number of rotatable bonds is 5. The largest absolute Gasteiger partial charge is 0.392 e. The van der Waals surface area contributed by atoms with Gasteiger partial charge in [-0.3, -0.25) is 0 Å². The van der Waals surface area contributed by atoms with Crippen molar-refractivity contribution in [1.82, 2.24) is 5.32 Å². The fourth-order valence-electron chi connectivity index (χ4n) is 1.94. The Balaban J connectivity index is 2.00. The van der Waals surface area contributed by atoms with Gasteiger partial charge in [0.25, 0.3) is 0 Å². The monoisotopic (exact) mass is 205 g/mol. The Kier molecular flexibility index (Phi) is 3.39. The maximum absolute atomic E-state index is 9.29. The van der Waals surface area contributed by atoms with Crippen LogP contribution in [0.4, 0.5) is 0 Å². The van der Waals surface area contributed by atoms with Crippen LogP contribution in [0, 0.1) is 5.92 Å². The van der Waals surface area contributed by atoms with Gasteiger partial charge in [-0.15, -0.1) is 0 Å². The summed E-state index contributed by atoms with van der Waals surface area (Å²) < 4.78 is 0. The summed E-state index contributed by atoms with van der Waals surface area (Å²) in [7, 11) is 0. The second-order valence-corrected chi connectivity index (χ2v) is 4.48. The fourth-order valence-corrected chi connectivity index (χ4v) is 1.94. The molecule has 15 heavy (non-hydrogen) atoms. The van der Waals surface area contributed by atoms with Gasteiger partial charge < -0.3 is 10.4 Å². The first kappa shape index (κ1) is 10.7. The quantitative estimate of drug-likeness (QED) is 0.771. The van der Waals surface area contributed by atoms with Gasteiger partial charge in [-0.2, -0.15) is 0 Å². The minimum Gasteiger partial charge on any atom is -0.392 e. The highest BCUT2D eigenvalue weighted by Gasteiger charge is 2.31. The molecule has 0 spiro atoms. The van der Waals surface area contributed by atoms with Crippen LogP contribution in [-0.2, 0) is 0 Å². The molecule has 1 aliphatic carbocycles. The van der Waals surface area contributed by atoms with Crippen LogP contribution in [0.3, 0.4) is 0 Å². The molecule has 2 N–H and O–H groups in total. The third-order valence-electron chi connectivity index (χ3n) is 2.89. The van der Waals surface area contributed by atoms with E-state index in [9.17, 15) is 5.11 Å². The fraction of sp³-hybridized carbons (Fsp3) is 0.538. The van der Waals surface area contributed by atoms with Crippen LogP contribution in [0.2, 0.25) is 0 Å². The molecule has 0 heterocycles. The van der Waals surface area contributed by atoms with Crippen molar-refractivity contribution in [2.45, 2.75) is 31.9 Å². The van der Waals surface area contributed by atoms with Gasteiger partial charge in [0.05, 0.1) is 6.10 Å². The number of benzene rings is 1. The predicted molar refractivity (Wildman–Crippen MR) is 61.6 cm³/mol. The summed E-state index contributed by atoms with van der Waals surface area (Å²) >= 11 is 0. The molecule has 2 rings (SSSR count). The van der Waals surface area contributed by atoms with Gasteiger partial charge in [0, 0.05) is 12.6 Å². The zero-order valence-corrected chi connectivity index (χ0v) is 9.19. The summed E-state index contributed by atoms with van der Waals surface area (Å²) in [5, 5.41) is 12.7. The number of nitrogens with one attached hydrogen (secondary N) is 1. The van der Waals surface area contributed by atoms with Crippen LogP contribution < -0.4 is 5.32 Å². The lowest BCUT2D eigenvalue weighted by Gasteiger charge is -2.19. The molecule has 1 aromatic rings. The van der Waals surface area contributed by atoms with E-state index in [1.165, 1.54) is 18.4 Å². The molecule has 1 aromatic carbocycles. The normalized spacial score (nSPS) is 19.9. The van der Waals surface area contributed by atoms with Gasteiger partial charge in [0.2, 0.25) is 0 Å². The van der Waals surface area contributed by atoms with Gasteiger partial charge in [-0.25, -0.2) is 0 Å². The standard InChI is InChI=1S/C13H19NO/c1-10(15)9-14-13(12-7-8-12)11-5-3-2-4-6-11/h2-6,10,12-15H,7-9H2,1H3/t10-,13?/m1/s1. The second kappa shape index (κ2) is 4.77. The number of aliphatic hydroxyl groups is 1. The van der Waals surface area contributed by atoms with E-state index in [4.69, 9.17) is 0 Å². The zero-order chi connectivity index (χ0) is 10.7. The van der Waals surface area contributed by atoms with Crippen molar-refractivity contribution in [1.29, 1.82) is 0 Å². The molecular weight excluding hydrogens is 186 g/mol. The summed E-state index contributed by atoms with van der Waals surface area (Å²) in [6.07, 6.45) is 2.36.